The molecule has 1 unspecified atom stereocenters. The Labute approximate surface area is 116 Å². The Hall–Kier alpha value is -0.730. The zero-order valence-corrected chi connectivity index (χ0v) is 12.5. The largest absolute Gasteiger partial charge is 0.372 e. The Morgan fingerprint density at radius 2 is 2.00 bits per heavy atom. The van der Waals surface area contributed by atoms with Crippen LogP contribution in [0, 0.1) is 0 Å². The Morgan fingerprint density at radius 1 is 1.28 bits per heavy atom. The maximum atomic E-state index is 6.35. The number of nitrogens with two attached hydrogens (primary N) is 1. The second-order valence-corrected chi connectivity index (χ2v) is 5.10. The van der Waals surface area contributed by atoms with Gasteiger partial charge in [-0.2, -0.15) is 0 Å². The van der Waals surface area contributed by atoms with Crippen molar-refractivity contribution in [3.05, 3.63) is 28.8 Å². The van der Waals surface area contributed by atoms with Gasteiger partial charge >= 0.3 is 0 Å². The standard InChI is InChI=1S/C15H25ClN2/c1-4-10-18(6-3)15-9-7-8-14(16)13(15)11-12(17)5-2/h7-9,12H,4-6,10-11,17H2,1-3H3. The maximum absolute atomic E-state index is 6.35. The molecule has 1 aromatic carbocycles. The van der Waals surface area contributed by atoms with Crippen molar-refractivity contribution in [1.29, 1.82) is 0 Å². The van der Waals surface area contributed by atoms with Crippen molar-refractivity contribution in [3.63, 3.8) is 0 Å². The van der Waals surface area contributed by atoms with Gasteiger partial charge in [0.05, 0.1) is 0 Å². The van der Waals surface area contributed by atoms with Gasteiger partial charge in [-0.05, 0) is 43.9 Å². The molecule has 1 atom stereocenters. The quantitative estimate of drug-likeness (QED) is 0.814. The number of benzene rings is 1. The summed E-state index contributed by atoms with van der Waals surface area (Å²) >= 11 is 6.35. The van der Waals surface area contributed by atoms with Crippen LogP contribution < -0.4 is 10.6 Å². The average Bonchev–Trinajstić information content (AvgIpc) is 2.38. The Bertz CT molecular complexity index is 366. The lowest BCUT2D eigenvalue weighted by molar-refractivity contribution is 0.644. The van der Waals surface area contributed by atoms with Crippen molar-refractivity contribution in [2.45, 2.75) is 46.1 Å². The first-order valence-corrected chi connectivity index (χ1v) is 7.29. The number of anilines is 1. The predicted molar refractivity (Wildman–Crippen MR) is 81.6 cm³/mol. The van der Waals surface area contributed by atoms with Crippen molar-refractivity contribution in [1.82, 2.24) is 0 Å². The summed E-state index contributed by atoms with van der Waals surface area (Å²) in [6.07, 6.45) is 2.97. The van der Waals surface area contributed by atoms with Gasteiger partial charge in [0.25, 0.3) is 0 Å². The van der Waals surface area contributed by atoms with E-state index in [1.165, 1.54) is 11.3 Å². The minimum absolute atomic E-state index is 0.184. The summed E-state index contributed by atoms with van der Waals surface area (Å²) < 4.78 is 0. The smallest absolute Gasteiger partial charge is 0.0459 e. The predicted octanol–water partition coefficient (Wildman–Crippen LogP) is 3.86. The van der Waals surface area contributed by atoms with E-state index in [1.54, 1.807) is 0 Å². The van der Waals surface area contributed by atoms with E-state index in [0.717, 1.165) is 37.4 Å². The summed E-state index contributed by atoms with van der Waals surface area (Å²) in [5, 5.41) is 0.839. The van der Waals surface area contributed by atoms with E-state index in [-0.39, 0.29) is 6.04 Å². The zero-order chi connectivity index (χ0) is 13.5. The van der Waals surface area contributed by atoms with E-state index in [0.29, 0.717) is 0 Å². The molecule has 0 radical (unpaired) electrons. The summed E-state index contributed by atoms with van der Waals surface area (Å²) in [7, 11) is 0. The molecular weight excluding hydrogens is 244 g/mol. The van der Waals surface area contributed by atoms with Gasteiger partial charge in [-0.3, -0.25) is 0 Å². The molecule has 2 nitrogen and oxygen atoms in total. The normalized spacial score (nSPS) is 12.5. The van der Waals surface area contributed by atoms with Gasteiger partial charge < -0.3 is 10.6 Å². The summed E-state index contributed by atoms with van der Waals surface area (Å²) in [6, 6.07) is 6.33. The van der Waals surface area contributed by atoms with Gasteiger partial charge in [-0.15, -0.1) is 0 Å². The van der Waals surface area contributed by atoms with E-state index in [9.17, 15) is 0 Å². The van der Waals surface area contributed by atoms with Crippen molar-refractivity contribution in [2.75, 3.05) is 18.0 Å². The molecule has 0 amide bonds. The fraction of sp³-hybridized carbons (Fsp3) is 0.600. The van der Waals surface area contributed by atoms with Gasteiger partial charge in [-0.1, -0.05) is 31.5 Å². The van der Waals surface area contributed by atoms with Crippen LogP contribution in [0.3, 0.4) is 0 Å². The molecular formula is C15H25ClN2. The minimum atomic E-state index is 0.184. The molecule has 0 saturated carbocycles. The molecule has 1 rings (SSSR count). The monoisotopic (exact) mass is 268 g/mol. The van der Waals surface area contributed by atoms with E-state index in [2.05, 4.69) is 31.7 Å². The number of nitrogens with zero attached hydrogens (tertiary/aromatic N) is 1. The van der Waals surface area contributed by atoms with Crippen molar-refractivity contribution in [2.24, 2.45) is 5.73 Å². The second-order valence-electron chi connectivity index (χ2n) is 4.69. The van der Waals surface area contributed by atoms with Gasteiger partial charge in [0.2, 0.25) is 0 Å². The van der Waals surface area contributed by atoms with Gasteiger partial charge in [-0.25, -0.2) is 0 Å². The van der Waals surface area contributed by atoms with Crippen LogP contribution >= 0.6 is 11.6 Å². The fourth-order valence-electron chi connectivity index (χ4n) is 2.17. The topological polar surface area (TPSA) is 29.3 Å². The molecule has 0 aliphatic carbocycles. The molecule has 0 fully saturated rings. The van der Waals surface area contributed by atoms with Crippen molar-refractivity contribution < 1.29 is 0 Å². The van der Waals surface area contributed by atoms with Crippen LogP contribution in [0.2, 0.25) is 5.02 Å². The van der Waals surface area contributed by atoms with Gasteiger partial charge in [0.15, 0.2) is 0 Å². The minimum Gasteiger partial charge on any atom is -0.372 e. The molecule has 3 heteroatoms. The van der Waals surface area contributed by atoms with Crippen LogP contribution in [0.4, 0.5) is 5.69 Å². The molecule has 18 heavy (non-hydrogen) atoms. The zero-order valence-electron chi connectivity index (χ0n) is 11.7. The van der Waals surface area contributed by atoms with Crippen LogP contribution in [-0.2, 0) is 6.42 Å². The molecule has 1 aromatic rings. The maximum Gasteiger partial charge on any atom is 0.0459 e. The Balaban J connectivity index is 3.05. The lowest BCUT2D eigenvalue weighted by Crippen LogP contribution is -2.27. The average molecular weight is 269 g/mol. The highest BCUT2D eigenvalue weighted by Crippen LogP contribution is 2.29. The lowest BCUT2D eigenvalue weighted by Gasteiger charge is -2.26. The molecule has 0 aromatic heterocycles. The third kappa shape index (κ3) is 3.89. The Morgan fingerprint density at radius 3 is 2.56 bits per heavy atom. The fourth-order valence-corrected chi connectivity index (χ4v) is 2.42. The Kier molecular flexibility index (Phi) is 6.51. The highest BCUT2D eigenvalue weighted by atomic mass is 35.5. The van der Waals surface area contributed by atoms with Crippen LogP contribution in [0.1, 0.15) is 39.2 Å². The number of hydrogen-bond donors (Lipinski definition) is 1. The van der Waals surface area contributed by atoms with Crippen LogP contribution in [0.15, 0.2) is 18.2 Å². The third-order valence-electron chi connectivity index (χ3n) is 3.30. The summed E-state index contributed by atoms with van der Waals surface area (Å²) in [5.41, 5.74) is 8.53. The summed E-state index contributed by atoms with van der Waals surface area (Å²) in [5.74, 6) is 0. The molecule has 0 bridgehead atoms. The molecule has 0 heterocycles. The SMILES string of the molecule is CCCN(CC)c1cccc(Cl)c1CC(N)CC. The molecule has 0 aliphatic rings. The van der Waals surface area contributed by atoms with Crippen LogP contribution in [0.5, 0.6) is 0 Å². The van der Waals surface area contributed by atoms with Crippen molar-refractivity contribution >= 4 is 17.3 Å². The van der Waals surface area contributed by atoms with E-state index >= 15 is 0 Å². The molecule has 0 saturated heterocycles. The highest BCUT2D eigenvalue weighted by molar-refractivity contribution is 6.31. The molecule has 102 valence electrons. The first kappa shape index (κ1) is 15.3. The number of rotatable bonds is 7. The molecule has 0 spiro atoms. The van der Waals surface area contributed by atoms with E-state index in [4.69, 9.17) is 17.3 Å². The molecule has 0 aliphatic heterocycles. The first-order valence-electron chi connectivity index (χ1n) is 6.91. The van der Waals surface area contributed by atoms with E-state index in [1.807, 2.05) is 12.1 Å². The van der Waals surface area contributed by atoms with Crippen molar-refractivity contribution in [3.8, 4) is 0 Å². The lowest BCUT2D eigenvalue weighted by atomic mass is 10.0. The summed E-state index contributed by atoms with van der Waals surface area (Å²) in [4.78, 5) is 2.38. The van der Waals surface area contributed by atoms with Gasteiger partial charge in [0.1, 0.15) is 0 Å². The molecule has 2 N–H and O–H groups in total. The first-order chi connectivity index (χ1) is 8.63. The second kappa shape index (κ2) is 7.65. The number of halogens is 1. The van der Waals surface area contributed by atoms with Gasteiger partial charge in [0, 0.05) is 29.8 Å². The third-order valence-corrected chi connectivity index (χ3v) is 3.65. The van der Waals surface area contributed by atoms with Crippen LogP contribution in [0.25, 0.3) is 0 Å². The summed E-state index contributed by atoms with van der Waals surface area (Å²) in [6.45, 7) is 8.56. The van der Waals surface area contributed by atoms with E-state index < -0.39 is 0 Å². The highest BCUT2D eigenvalue weighted by Gasteiger charge is 2.14. The van der Waals surface area contributed by atoms with Crippen LogP contribution in [-0.4, -0.2) is 19.1 Å². The number of hydrogen-bond acceptors (Lipinski definition) is 2.